The maximum atomic E-state index is 11.6. The largest absolute Gasteiger partial charge is 0.450 e. The van der Waals surface area contributed by atoms with Crippen LogP contribution in [0.5, 0.6) is 0 Å². The van der Waals surface area contributed by atoms with Crippen LogP contribution in [0.4, 0.5) is 9.93 Å². The molecule has 1 saturated heterocycles. The molecule has 1 aliphatic heterocycles. The summed E-state index contributed by atoms with van der Waals surface area (Å²) in [5.74, 6) is 0. The molecule has 1 aliphatic rings. The minimum Gasteiger partial charge on any atom is -0.450 e. The van der Waals surface area contributed by atoms with Crippen LogP contribution in [0.25, 0.3) is 0 Å². The first-order valence-electron chi connectivity index (χ1n) is 6.08. The zero-order chi connectivity index (χ0) is 13.8. The van der Waals surface area contributed by atoms with Gasteiger partial charge in [-0.05, 0) is 6.92 Å². The van der Waals surface area contributed by atoms with E-state index in [9.17, 15) is 4.79 Å². The van der Waals surface area contributed by atoms with E-state index < -0.39 is 0 Å². The molecule has 0 radical (unpaired) electrons. The van der Waals surface area contributed by atoms with E-state index in [2.05, 4.69) is 9.88 Å². The second-order valence-corrected chi connectivity index (χ2v) is 5.46. The Bertz CT molecular complexity index is 446. The van der Waals surface area contributed by atoms with Crippen LogP contribution >= 0.6 is 22.9 Å². The Balaban J connectivity index is 1.94. The normalized spacial score (nSPS) is 15.7. The number of piperazine rings is 1. The van der Waals surface area contributed by atoms with Crippen LogP contribution in [0.3, 0.4) is 0 Å². The number of aliphatic hydroxyl groups excluding tert-OH is 1. The number of anilines is 1. The number of nitrogens with zero attached hydrogens (tertiary/aromatic N) is 3. The van der Waals surface area contributed by atoms with E-state index in [-0.39, 0.29) is 12.7 Å². The van der Waals surface area contributed by atoms with E-state index in [4.69, 9.17) is 21.4 Å². The predicted molar refractivity (Wildman–Crippen MR) is 73.9 cm³/mol. The van der Waals surface area contributed by atoms with Gasteiger partial charge >= 0.3 is 6.09 Å². The highest BCUT2D eigenvalue weighted by molar-refractivity contribution is 7.16. The van der Waals surface area contributed by atoms with Crippen LogP contribution < -0.4 is 4.90 Å². The lowest BCUT2D eigenvalue weighted by atomic mass is 10.3. The average molecular weight is 306 g/mol. The van der Waals surface area contributed by atoms with Crippen molar-refractivity contribution in [1.82, 2.24) is 9.88 Å². The first-order valence-corrected chi connectivity index (χ1v) is 7.27. The summed E-state index contributed by atoms with van der Waals surface area (Å²) in [4.78, 5) is 20.2. The van der Waals surface area contributed by atoms with Crippen molar-refractivity contribution in [2.75, 3.05) is 37.7 Å². The van der Waals surface area contributed by atoms with Crippen molar-refractivity contribution in [2.45, 2.75) is 13.5 Å². The van der Waals surface area contributed by atoms with Crippen molar-refractivity contribution < 1.29 is 14.6 Å². The van der Waals surface area contributed by atoms with E-state index in [1.54, 1.807) is 11.8 Å². The fraction of sp³-hybridized carbons (Fsp3) is 0.636. The van der Waals surface area contributed by atoms with Gasteiger partial charge in [0.15, 0.2) is 5.13 Å². The molecule has 1 fully saturated rings. The molecule has 1 amide bonds. The van der Waals surface area contributed by atoms with Gasteiger partial charge in [-0.1, -0.05) is 22.9 Å². The molecule has 2 heterocycles. The molecule has 1 aromatic heterocycles. The van der Waals surface area contributed by atoms with Crippen LogP contribution in [0, 0.1) is 0 Å². The number of carbonyl (C=O) groups is 1. The summed E-state index contributed by atoms with van der Waals surface area (Å²) in [6.07, 6.45) is -0.268. The Kier molecular flexibility index (Phi) is 4.84. The lowest BCUT2D eigenvalue weighted by Crippen LogP contribution is -2.48. The number of hydrogen-bond acceptors (Lipinski definition) is 6. The number of halogens is 1. The molecule has 0 aromatic carbocycles. The van der Waals surface area contributed by atoms with E-state index >= 15 is 0 Å². The maximum Gasteiger partial charge on any atom is 0.409 e. The van der Waals surface area contributed by atoms with E-state index in [0.717, 1.165) is 5.13 Å². The Hall–Kier alpha value is -1.05. The van der Waals surface area contributed by atoms with E-state index in [0.29, 0.717) is 42.8 Å². The summed E-state index contributed by atoms with van der Waals surface area (Å²) in [6, 6.07) is 0. The monoisotopic (exact) mass is 305 g/mol. The molecule has 0 bridgehead atoms. The zero-order valence-electron chi connectivity index (χ0n) is 10.6. The summed E-state index contributed by atoms with van der Waals surface area (Å²) in [7, 11) is 0. The Labute approximate surface area is 120 Å². The maximum absolute atomic E-state index is 11.6. The van der Waals surface area contributed by atoms with Crippen molar-refractivity contribution in [3.8, 4) is 0 Å². The van der Waals surface area contributed by atoms with E-state index in [1.165, 1.54) is 11.3 Å². The van der Waals surface area contributed by atoms with Crippen LogP contribution in [0.15, 0.2) is 0 Å². The molecule has 0 spiro atoms. The second kappa shape index (κ2) is 6.40. The van der Waals surface area contributed by atoms with Gasteiger partial charge in [0, 0.05) is 26.2 Å². The molecule has 1 N–H and O–H groups in total. The van der Waals surface area contributed by atoms with Crippen molar-refractivity contribution in [3.05, 3.63) is 10.0 Å². The van der Waals surface area contributed by atoms with Crippen molar-refractivity contribution in [3.63, 3.8) is 0 Å². The molecule has 0 saturated carbocycles. The van der Waals surface area contributed by atoms with Crippen LogP contribution in [0.1, 0.15) is 11.8 Å². The lowest BCUT2D eigenvalue weighted by molar-refractivity contribution is 0.105. The molecule has 6 nitrogen and oxygen atoms in total. The van der Waals surface area contributed by atoms with Crippen molar-refractivity contribution >= 4 is 34.2 Å². The fourth-order valence-electron chi connectivity index (χ4n) is 1.85. The predicted octanol–water partition coefficient (Wildman–Crippen LogP) is 1.57. The van der Waals surface area contributed by atoms with Gasteiger partial charge in [-0.3, -0.25) is 0 Å². The topological polar surface area (TPSA) is 65.9 Å². The highest BCUT2D eigenvalue weighted by Crippen LogP contribution is 2.30. The second-order valence-electron chi connectivity index (χ2n) is 4.04. The highest BCUT2D eigenvalue weighted by atomic mass is 35.5. The Morgan fingerprint density at radius 2 is 2.16 bits per heavy atom. The fourth-order valence-corrected chi connectivity index (χ4v) is 3.02. The first kappa shape index (κ1) is 14.4. The lowest BCUT2D eigenvalue weighted by Gasteiger charge is -2.33. The number of thiazole rings is 1. The zero-order valence-corrected chi connectivity index (χ0v) is 12.2. The molecular weight excluding hydrogens is 290 g/mol. The van der Waals surface area contributed by atoms with Crippen LogP contribution in [-0.2, 0) is 11.3 Å². The summed E-state index contributed by atoms with van der Waals surface area (Å²) < 4.78 is 4.96. The summed E-state index contributed by atoms with van der Waals surface area (Å²) in [5, 5.41) is 10.2. The Morgan fingerprint density at radius 3 is 2.68 bits per heavy atom. The number of carbonyl (C=O) groups excluding carboxylic acids is 1. The van der Waals surface area contributed by atoms with Crippen molar-refractivity contribution in [2.24, 2.45) is 0 Å². The van der Waals surface area contributed by atoms with Gasteiger partial charge in [0.25, 0.3) is 0 Å². The molecule has 19 heavy (non-hydrogen) atoms. The van der Waals surface area contributed by atoms with Crippen LogP contribution in [-0.4, -0.2) is 53.9 Å². The third-order valence-corrected chi connectivity index (χ3v) is 4.38. The van der Waals surface area contributed by atoms with Gasteiger partial charge in [0.1, 0.15) is 5.15 Å². The number of amides is 1. The van der Waals surface area contributed by atoms with Crippen LogP contribution in [0.2, 0.25) is 5.15 Å². The van der Waals surface area contributed by atoms with Crippen molar-refractivity contribution in [1.29, 1.82) is 0 Å². The summed E-state index contributed by atoms with van der Waals surface area (Å²) in [6.45, 7) is 4.67. The first-order chi connectivity index (χ1) is 9.15. The molecule has 0 atom stereocenters. The van der Waals surface area contributed by atoms with Gasteiger partial charge < -0.3 is 19.6 Å². The SMILES string of the molecule is CCOC(=O)N1CCN(c2nc(Cl)c(CO)s2)CC1. The average Bonchev–Trinajstić information content (AvgIpc) is 2.80. The smallest absolute Gasteiger partial charge is 0.409 e. The molecule has 106 valence electrons. The highest BCUT2D eigenvalue weighted by Gasteiger charge is 2.24. The minimum atomic E-state index is -0.268. The van der Waals surface area contributed by atoms with Gasteiger partial charge in [-0.25, -0.2) is 9.78 Å². The number of aliphatic hydroxyl groups is 1. The third-order valence-electron chi connectivity index (χ3n) is 2.86. The molecule has 2 rings (SSSR count). The third kappa shape index (κ3) is 3.29. The standard InChI is InChI=1S/C11H16ClN3O3S/c1-2-18-11(17)15-5-3-14(4-6-15)10-13-9(12)8(7-16)19-10/h16H,2-7H2,1H3. The van der Waals surface area contributed by atoms with Gasteiger partial charge in [-0.15, -0.1) is 0 Å². The number of ether oxygens (including phenoxy) is 1. The summed E-state index contributed by atoms with van der Waals surface area (Å²) >= 11 is 7.30. The van der Waals surface area contributed by atoms with E-state index in [1.807, 2.05) is 0 Å². The molecule has 0 aliphatic carbocycles. The molecule has 8 heteroatoms. The number of rotatable bonds is 3. The quantitative estimate of drug-likeness (QED) is 0.918. The van der Waals surface area contributed by atoms with Gasteiger partial charge in [0.05, 0.1) is 18.1 Å². The minimum absolute atomic E-state index is 0.0979. The number of hydrogen-bond donors (Lipinski definition) is 1. The Morgan fingerprint density at radius 1 is 1.47 bits per heavy atom. The molecule has 1 aromatic rings. The summed E-state index contributed by atoms with van der Waals surface area (Å²) in [5.41, 5.74) is 0. The molecular formula is C11H16ClN3O3S. The van der Waals surface area contributed by atoms with Gasteiger partial charge in [-0.2, -0.15) is 0 Å². The van der Waals surface area contributed by atoms with Gasteiger partial charge in [0.2, 0.25) is 0 Å². The number of aromatic nitrogens is 1. The molecule has 0 unspecified atom stereocenters.